The van der Waals surface area contributed by atoms with Gasteiger partial charge in [-0.25, -0.2) is 0 Å². The number of amides is 1. The number of nitrogen functional groups attached to an aromatic ring is 1. The third-order valence-corrected chi connectivity index (χ3v) is 7.91. The summed E-state index contributed by atoms with van der Waals surface area (Å²) in [5, 5.41) is 7.42. The number of alkyl halides is 3. The van der Waals surface area contributed by atoms with Crippen LogP contribution < -0.4 is 10.5 Å². The maximum Gasteiger partial charge on any atom is 0.418 e. The van der Waals surface area contributed by atoms with Crippen molar-refractivity contribution in [2.75, 3.05) is 38.5 Å². The van der Waals surface area contributed by atoms with Crippen LogP contribution in [0.3, 0.4) is 0 Å². The number of benzene rings is 2. The molecule has 2 fully saturated rings. The van der Waals surface area contributed by atoms with Crippen LogP contribution in [0.1, 0.15) is 82.4 Å². The Morgan fingerprint density at radius 2 is 1.52 bits per heavy atom. The molecule has 1 amide bonds. The van der Waals surface area contributed by atoms with Crippen LogP contribution >= 0.6 is 0 Å². The molecule has 0 unspecified atom stereocenters. The van der Waals surface area contributed by atoms with E-state index < -0.39 is 17.7 Å². The minimum atomic E-state index is -4.52. The molecule has 10 heteroatoms. The molecule has 4 rings (SSSR count). The first-order valence-corrected chi connectivity index (χ1v) is 14.6. The number of rotatable bonds is 6. The molecule has 2 saturated heterocycles. The number of piperidine rings is 2. The highest BCUT2D eigenvalue weighted by atomic mass is 19.4. The Hall–Kier alpha value is -3.27. The molecule has 3 N–H and O–H groups in total. The number of halogens is 3. The Balaban J connectivity index is 0.00000114. The lowest BCUT2D eigenvalue weighted by molar-refractivity contribution is -0.137. The van der Waals surface area contributed by atoms with Crippen molar-refractivity contribution in [1.29, 1.82) is 0 Å². The maximum atomic E-state index is 13.1. The molecule has 0 saturated carbocycles. The minimum absolute atomic E-state index is 0.134. The van der Waals surface area contributed by atoms with E-state index in [1.165, 1.54) is 23.3 Å². The fourth-order valence-corrected chi connectivity index (χ4v) is 5.43. The summed E-state index contributed by atoms with van der Waals surface area (Å²) in [6.45, 7) is 11.6. The normalized spacial score (nSPS) is 17.4. The van der Waals surface area contributed by atoms with Gasteiger partial charge in [0.2, 0.25) is 5.91 Å². The second-order valence-corrected chi connectivity index (χ2v) is 12.2. The van der Waals surface area contributed by atoms with Gasteiger partial charge in [-0.15, -0.1) is 0 Å². The molecule has 0 radical (unpaired) electrons. The van der Waals surface area contributed by atoms with Crippen molar-refractivity contribution in [3.8, 4) is 5.75 Å². The number of aliphatic carboxylic acids is 1. The Labute approximate surface area is 246 Å². The molecule has 2 aliphatic heterocycles. The third kappa shape index (κ3) is 9.93. The van der Waals surface area contributed by atoms with Crippen molar-refractivity contribution in [3.05, 3.63) is 59.2 Å². The van der Waals surface area contributed by atoms with E-state index in [0.29, 0.717) is 38.3 Å². The van der Waals surface area contributed by atoms with E-state index in [9.17, 15) is 18.0 Å². The number of anilines is 1. The third-order valence-electron chi connectivity index (χ3n) is 7.91. The highest BCUT2D eigenvalue weighted by molar-refractivity contribution is 5.76. The summed E-state index contributed by atoms with van der Waals surface area (Å²) in [6.07, 6.45) is -0.858. The molecular weight excluding hydrogens is 547 g/mol. The van der Waals surface area contributed by atoms with E-state index in [1.807, 2.05) is 4.90 Å². The monoisotopic (exact) mass is 591 g/mol. The van der Waals surface area contributed by atoms with Crippen LogP contribution in [0.5, 0.6) is 5.75 Å². The number of nitrogens with two attached hydrogens (primary N) is 1. The Morgan fingerprint density at radius 1 is 0.952 bits per heavy atom. The molecule has 42 heavy (non-hydrogen) atoms. The van der Waals surface area contributed by atoms with E-state index in [-0.39, 0.29) is 28.9 Å². The molecule has 2 aliphatic rings. The zero-order valence-corrected chi connectivity index (χ0v) is 25.0. The summed E-state index contributed by atoms with van der Waals surface area (Å²) in [6, 6.07) is 12.7. The predicted octanol–water partition coefficient (Wildman–Crippen LogP) is 6.32. The lowest BCUT2D eigenvalue weighted by Crippen LogP contribution is -2.43. The number of nitrogens with zero attached hydrogens (tertiary/aromatic N) is 2. The Morgan fingerprint density at radius 3 is 2.05 bits per heavy atom. The molecule has 7 nitrogen and oxygen atoms in total. The minimum Gasteiger partial charge on any atom is -0.490 e. The molecule has 0 spiro atoms. The first-order chi connectivity index (χ1) is 19.6. The smallest absolute Gasteiger partial charge is 0.418 e. The molecule has 0 aliphatic carbocycles. The highest BCUT2D eigenvalue weighted by Crippen LogP contribution is 2.36. The van der Waals surface area contributed by atoms with Crippen LogP contribution in [0.2, 0.25) is 0 Å². The standard InChI is InChI=1S/C30H40F3N3O2.C2H4O2/c1-29(2,3)23-6-4-21(5-7-23)22-10-15-35(16-11-22)17-14-28(37)36-18-12-24(13-19-36)38-25-8-9-27(34)26(20-25)30(31,32)33;1-2(3)4/h4-9,20,22,24H,10-19,34H2,1-3H3;1H3,(H,3,4). The largest absolute Gasteiger partial charge is 0.490 e. The van der Waals surface area contributed by atoms with Gasteiger partial charge in [-0.2, -0.15) is 13.2 Å². The van der Waals surface area contributed by atoms with Crippen molar-refractivity contribution < 1.29 is 32.6 Å². The predicted molar refractivity (Wildman–Crippen MR) is 158 cm³/mol. The summed E-state index contributed by atoms with van der Waals surface area (Å²) >= 11 is 0. The number of carbonyl (C=O) groups is 2. The average molecular weight is 592 g/mol. The van der Waals surface area contributed by atoms with Crippen LogP contribution in [-0.4, -0.2) is 65.6 Å². The lowest BCUT2D eigenvalue weighted by atomic mass is 9.84. The number of ether oxygens (including phenoxy) is 1. The van der Waals surface area contributed by atoms with E-state index in [4.69, 9.17) is 20.4 Å². The van der Waals surface area contributed by atoms with Crippen LogP contribution in [0.25, 0.3) is 0 Å². The average Bonchev–Trinajstić information content (AvgIpc) is 2.92. The first-order valence-electron chi connectivity index (χ1n) is 14.6. The summed E-state index contributed by atoms with van der Waals surface area (Å²) < 4.78 is 45.1. The molecular formula is C32H44F3N3O4. The number of hydrogen-bond acceptors (Lipinski definition) is 5. The second kappa shape index (κ2) is 14.3. The van der Waals surface area contributed by atoms with Gasteiger partial charge in [0.1, 0.15) is 11.9 Å². The molecule has 0 bridgehead atoms. The molecule has 0 aromatic heterocycles. The quantitative estimate of drug-likeness (QED) is 0.382. The summed E-state index contributed by atoms with van der Waals surface area (Å²) in [7, 11) is 0. The highest BCUT2D eigenvalue weighted by Gasteiger charge is 2.34. The number of carboxylic acid groups (broad SMARTS) is 1. The maximum absolute atomic E-state index is 13.1. The van der Waals surface area contributed by atoms with Crippen molar-refractivity contribution in [3.63, 3.8) is 0 Å². The summed E-state index contributed by atoms with van der Waals surface area (Å²) in [5.74, 6) is 0.0308. The van der Waals surface area contributed by atoms with E-state index in [1.54, 1.807) is 0 Å². The van der Waals surface area contributed by atoms with Gasteiger partial charge in [0.05, 0.1) is 5.56 Å². The van der Waals surface area contributed by atoms with E-state index in [2.05, 4.69) is 49.9 Å². The van der Waals surface area contributed by atoms with Gasteiger partial charge in [0, 0.05) is 51.5 Å². The number of carboxylic acids is 1. The van der Waals surface area contributed by atoms with Gasteiger partial charge >= 0.3 is 6.18 Å². The SMILES string of the molecule is CC(=O)O.CC(C)(C)c1ccc(C2CCN(CCC(=O)N3CCC(Oc4ccc(N)c(C(F)(F)F)c4)CC3)CC2)cc1. The van der Waals surface area contributed by atoms with Crippen molar-refractivity contribution >= 4 is 17.6 Å². The molecule has 232 valence electrons. The van der Waals surface area contributed by atoms with Crippen molar-refractivity contribution in [2.24, 2.45) is 0 Å². The lowest BCUT2D eigenvalue weighted by Gasteiger charge is -2.34. The molecule has 2 aromatic carbocycles. The Bertz CT molecular complexity index is 1170. The zero-order valence-electron chi connectivity index (χ0n) is 25.0. The van der Waals surface area contributed by atoms with Gasteiger partial charge in [-0.1, -0.05) is 45.0 Å². The number of hydrogen-bond donors (Lipinski definition) is 2. The summed E-state index contributed by atoms with van der Waals surface area (Å²) in [5.41, 5.74) is 7.20. The second-order valence-electron chi connectivity index (χ2n) is 12.2. The summed E-state index contributed by atoms with van der Waals surface area (Å²) in [4.78, 5) is 26.1. The molecule has 0 atom stereocenters. The number of likely N-dealkylation sites (tertiary alicyclic amines) is 2. The Kier molecular flexibility index (Phi) is 11.3. The first kappa shape index (κ1) is 33.2. The van der Waals surface area contributed by atoms with Crippen LogP contribution in [0.15, 0.2) is 42.5 Å². The van der Waals surface area contributed by atoms with Gasteiger partial charge in [0.25, 0.3) is 5.97 Å². The van der Waals surface area contributed by atoms with Crippen LogP contribution in [0.4, 0.5) is 18.9 Å². The van der Waals surface area contributed by atoms with Gasteiger partial charge in [-0.3, -0.25) is 9.59 Å². The van der Waals surface area contributed by atoms with Crippen molar-refractivity contribution in [2.45, 2.75) is 83.4 Å². The topological polar surface area (TPSA) is 96.1 Å². The van der Waals surface area contributed by atoms with E-state index in [0.717, 1.165) is 45.5 Å². The van der Waals surface area contributed by atoms with E-state index >= 15 is 0 Å². The fourth-order valence-electron chi connectivity index (χ4n) is 5.43. The number of carbonyl (C=O) groups excluding carboxylic acids is 1. The zero-order chi connectivity index (χ0) is 31.1. The van der Waals surface area contributed by atoms with Gasteiger partial charge in [0.15, 0.2) is 0 Å². The van der Waals surface area contributed by atoms with Gasteiger partial charge in [-0.05, 0) is 66.6 Å². The molecule has 2 aromatic rings. The van der Waals surface area contributed by atoms with Crippen molar-refractivity contribution in [1.82, 2.24) is 9.80 Å². The van der Waals surface area contributed by atoms with Gasteiger partial charge < -0.3 is 25.4 Å². The fraction of sp³-hybridized carbons (Fsp3) is 0.562. The van der Waals surface area contributed by atoms with Crippen LogP contribution in [-0.2, 0) is 21.2 Å². The van der Waals surface area contributed by atoms with Crippen LogP contribution in [0, 0.1) is 0 Å². The molecule has 2 heterocycles.